The molecule has 3 rings (SSSR count). The molecule has 0 unspecified atom stereocenters. The fraction of sp³-hybridized carbons (Fsp3) is 0.300. The first kappa shape index (κ1) is 17.0. The maximum atomic E-state index is 12.3. The molecule has 0 atom stereocenters. The summed E-state index contributed by atoms with van der Waals surface area (Å²) in [6.45, 7) is 1.02. The number of ether oxygens (including phenoxy) is 2. The molecule has 1 aliphatic heterocycles. The fourth-order valence-corrected chi connectivity index (χ4v) is 2.72. The van der Waals surface area contributed by atoms with Crippen LogP contribution in [0, 0.1) is 0 Å². The summed E-state index contributed by atoms with van der Waals surface area (Å²) >= 11 is 0. The third-order valence-electron chi connectivity index (χ3n) is 4.18. The second kappa shape index (κ2) is 7.83. The van der Waals surface area contributed by atoms with E-state index in [0.29, 0.717) is 49.5 Å². The highest BCUT2D eigenvalue weighted by atomic mass is 16.6. The van der Waals surface area contributed by atoms with Crippen LogP contribution in [0.15, 0.2) is 48.5 Å². The normalized spacial score (nSPS) is 12.5. The molecule has 130 valence electrons. The lowest BCUT2D eigenvalue weighted by Crippen LogP contribution is -2.25. The minimum atomic E-state index is 0.00109. The van der Waals surface area contributed by atoms with Gasteiger partial charge in [0.25, 0.3) is 0 Å². The molecule has 0 aromatic heterocycles. The zero-order valence-electron chi connectivity index (χ0n) is 14.2. The molecule has 2 aromatic rings. The van der Waals surface area contributed by atoms with Crippen molar-refractivity contribution in [2.24, 2.45) is 0 Å². The summed E-state index contributed by atoms with van der Waals surface area (Å²) in [5, 5.41) is 0. The van der Waals surface area contributed by atoms with Crippen LogP contribution in [0.4, 0.5) is 5.69 Å². The maximum Gasteiger partial charge on any atom is 0.226 e. The second-order valence-electron chi connectivity index (χ2n) is 5.92. The van der Waals surface area contributed by atoms with Gasteiger partial charge in [-0.15, -0.1) is 0 Å². The summed E-state index contributed by atoms with van der Waals surface area (Å²) in [7, 11) is 1.75. The molecule has 0 spiro atoms. The highest BCUT2D eigenvalue weighted by Crippen LogP contribution is 2.31. The van der Waals surface area contributed by atoms with E-state index < -0.39 is 0 Å². The average Bonchev–Trinajstić information content (AvgIpc) is 2.67. The summed E-state index contributed by atoms with van der Waals surface area (Å²) < 4.78 is 11.0. The molecule has 0 bridgehead atoms. The summed E-state index contributed by atoms with van der Waals surface area (Å²) in [5.74, 6) is 1.28. The summed E-state index contributed by atoms with van der Waals surface area (Å²) in [6.07, 6.45) is 1.18. The van der Waals surface area contributed by atoms with Gasteiger partial charge >= 0.3 is 0 Å². The number of nitrogens with zero attached hydrogens (tertiary/aromatic N) is 1. The number of hydrogen-bond acceptors (Lipinski definition) is 4. The molecular formula is C20H21NO4. The predicted molar refractivity (Wildman–Crippen MR) is 95.5 cm³/mol. The van der Waals surface area contributed by atoms with Gasteiger partial charge in [0.15, 0.2) is 17.3 Å². The number of carbonyl (C=O) groups is 2. The van der Waals surface area contributed by atoms with Crippen LogP contribution in [0.3, 0.4) is 0 Å². The van der Waals surface area contributed by atoms with Gasteiger partial charge < -0.3 is 14.4 Å². The lowest BCUT2D eigenvalue weighted by molar-refractivity contribution is -0.118. The molecule has 25 heavy (non-hydrogen) atoms. The lowest BCUT2D eigenvalue weighted by atomic mass is 10.0. The number of para-hydroxylation sites is 1. The van der Waals surface area contributed by atoms with Gasteiger partial charge in [-0.2, -0.15) is 0 Å². The SMILES string of the molecule is CN(C(=O)CCCC(=O)c1ccc2c(c1)OCCO2)c1ccccc1. The Kier molecular flexibility index (Phi) is 5.33. The number of Topliss-reactive ketones (excluding diaryl/α,β-unsaturated/α-hetero) is 1. The number of carbonyl (C=O) groups excluding carboxylic acids is 2. The van der Waals surface area contributed by atoms with E-state index in [1.165, 1.54) is 0 Å². The van der Waals surface area contributed by atoms with Crippen LogP contribution in [-0.2, 0) is 4.79 Å². The monoisotopic (exact) mass is 339 g/mol. The molecule has 1 aliphatic rings. The summed E-state index contributed by atoms with van der Waals surface area (Å²) in [5.41, 5.74) is 1.44. The first-order chi connectivity index (χ1) is 12.1. The van der Waals surface area contributed by atoms with Gasteiger partial charge in [0.1, 0.15) is 13.2 Å². The van der Waals surface area contributed by atoms with E-state index in [9.17, 15) is 9.59 Å². The van der Waals surface area contributed by atoms with Gasteiger partial charge in [-0.3, -0.25) is 9.59 Å². The van der Waals surface area contributed by atoms with Gasteiger partial charge in [-0.1, -0.05) is 18.2 Å². The van der Waals surface area contributed by atoms with Gasteiger partial charge in [0.05, 0.1) is 0 Å². The Morgan fingerprint density at radius 2 is 1.68 bits per heavy atom. The molecule has 0 N–H and O–H groups in total. The molecule has 1 heterocycles. The van der Waals surface area contributed by atoms with Crippen molar-refractivity contribution < 1.29 is 19.1 Å². The number of fused-ring (bicyclic) bond motifs is 1. The average molecular weight is 339 g/mol. The standard InChI is InChI=1S/C20H21NO4/c1-21(16-6-3-2-4-7-16)20(23)9-5-8-17(22)15-10-11-18-19(14-15)25-13-12-24-18/h2-4,6-7,10-11,14H,5,8-9,12-13H2,1H3. The first-order valence-electron chi connectivity index (χ1n) is 8.39. The van der Waals surface area contributed by atoms with E-state index in [4.69, 9.17) is 9.47 Å². The van der Waals surface area contributed by atoms with Crippen molar-refractivity contribution in [1.29, 1.82) is 0 Å². The van der Waals surface area contributed by atoms with E-state index in [2.05, 4.69) is 0 Å². The topological polar surface area (TPSA) is 55.8 Å². The Bertz CT molecular complexity index is 758. The van der Waals surface area contributed by atoms with Crippen LogP contribution >= 0.6 is 0 Å². The summed E-state index contributed by atoms with van der Waals surface area (Å²) in [6, 6.07) is 14.7. The number of benzene rings is 2. The minimum absolute atomic E-state index is 0.00109. The molecule has 0 radical (unpaired) electrons. The molecule has 5 nitrogen and oxygen atoms in total. The maximum absolute atomic E-state index is 12.3. The van der Waals surface area contributed by atoms with Crippen molar-refractivity contribution in [3.8, 4) is 11.5 Å². The number of hydrogen-bond donors (Lipinski definition) is 0. The Morgan fingerprint density at radius 1 is 0.960 bits per heavy atom. The lowest BCUT2D eigenvalue weighted by Gasteiger charge is -2.18. The van der Waals surface area contributed by atoms with E-state index in [0.717, 1.165) is 5.69 Å². The summed E-state index contributed by atoms with van der Waals surface area (Å²) in [4.78, 5) is 26.2. The Hall–Kier alpha value is -2.82. The Labute approximate surface area is 147 Å². The second-order valence-corrected chi connectivity index (χ2v) is 5.92. The highest BCUT2D eigenvalue weighted by Gasteiger charge is 2.16. The van der Waals surface area contributed by atoms with Gasteiger partial charge in [0.2, 0.25) is 5.91 Å². The molecule has 0 saturated carbocycles. The smallest absolute Gasteiger partial charge is 0.226 e. The van der Waals surface area contributed by atoms with Gasteiger partial charge in [-0.25, -0.2) is 0 Å². The van der Waals surface area contributed by atoms with Crippen LogP contribution in [0.5, 0.6) is 11.5 Å². The largest absolute Gasteiger partial charge is 0.486 e. The van der Waals surface area contributed by atoms with Crippen LogP contribution in [0.2, 0.25) is 0 Å². The molecular weight excluding hydrogens is 318 g/mol. The first-order valence-corrected chi connectivity index (χ1v) is 8.39. The van der Waals surface area contributed by atoms with Crippen molar-refractivity contribution >= 4 is 17.4 Å². The number of ketones is 1. The minimum Gasteiger partial charge on any atom is -0.486 e. The number of anilines is 1. The molecule has 1 amide bonds. The van der Waals surface area contributed by atoms with Crippen LogP contribution in [0.1, 0.15) is 29.6 Å². The number of rotatable bonds is 6. The van der Waals surface area contributed by atoms with E-state index in [1.807, 2.05) is 30.3 Å². The van der Waals surface area contributed by atoms with Crippen molar-refractivity contribution in [2.75, 3.05) is 25.2 Å². The van der Waals surface area contributed by atoms with Crippen molar-refractivity contribution in [1.82, 2.24) is 0 Å². The van der Waals surface area contributed by atoms with Gasteiger partial charge in [0, 0.05) is 31.1 Å². The van der Waals surface area contributed by atoms with E-state index in [-0.39, 0.29) is 11.7 Å². The molecule has 0 aliphatic carbocycles. The predicted octanol–water partition coefficient (Wildman–Crippen LogP) is 3.47. The van der Waals surface area contributed by atoms with Gasteiger partial charge in [-0.05, 0) is 36.8 Å². The number of amides is 1. The zero-order valence-corrected chi connectivity index (χ0v) is 14.2. The van der Waals surface area contributed by atoms with E-state index >= 15 is 0 Å². The Balaban J connectivity index is 1.52. The van der Waals surface area contributed by atoms with Crippen molar-refractivity contribution in [2.45, 2.75) is 19.3 Å². The fourth-order valence-electron chi connectivity index (χ4n) is 2.72. The highest BCUT2D eigenvalue weighted by molar-refractivity contribution is 5.97. The van der Waals surface area contributed by atoms with E-state index in [1.54, 1.807) is 30.1 Å². The van der Waals surface area contributed by atoms with Crippen molar-refractivity contribution in [3.05, 3.63) is 54.1 Å². The molecule has 0 saturated heterocycles. The third-order valence-corrected chi connectivity index (χ3v) is 4.18. The third kappa shape index (κ3) is 4.18. The Morgan fingerprint density at radius 3 is 2.44 bits per heavy atom. The molecule has 2 aromatic carbocycles. The van der Waals surface area contributed by atoms with Crippen LogP contribution in [0.25, 0.3) is 0 Å². The van der Waals surface area contributed by atoms with Crippen molar-refractivity contribution in [3.63, 3.8) is 0 Å². The quantitative estimate of drug-likeness (QED) is 0.756. The molecule has 0 fully saturated rings. The van der Waals surface area contributed by atoms with Crippen LogP contribution in [-0.4, -0.2) is 32.0 Å². The molecule has 5 heteroatoms. The zero-order chi connectivity index (χ0) is 17.6. The van der Waals surface area contributed by atoms with Crippen LogP contribution < -0.4 is 14.4 Å².